The maximum absolute atomic E-state index is 13.5. The van der Waals surface area contributed by atoms with Gasteiger partial charge in [0.25, 0.3) is 11.8 Å². The number of nitrogens with zero attached hydrogens (tertiary/aromatic N) is 2. The summed E-state index contributed by atoms with van der Waals surface area (Å²) in [5.74, 6) is 0.227. The minimum Gasteiger partial charge on any atom is -0.497 e. The summed E-state index contributed by atoms with van der Waals surface area (Å²) in [6.07, 6.45) is 1.41. The van der Waals surface area contributed by atoms with Crippen LogP contribution < -0.4 is 9.64 Å². The molecule has 0 bridgehead atoms. The van der Waals surface area contributed by atoms with Crippen LogP contribution in [-0.4, -0.2) is 35.8 Å². The molecule has 1 aliphatic rings. The van der Waals surface area contributed by atoms with Gasteiger partial charge >= 0.3 is 0 Å². The Labute approximate surface area is 192 Å². The fourth-order valence-electron chi connectivity index (χ4n) is 3.95. The van der Waals surface area contributed by atoms with Crippen LogP contribution in [0.5, 0.6) is 5.75 Å². The molecule has 0 saturated carbocycles. The minimum atomic E-state index is -0.939. The van der Waals surface area contributed by atoms with Crippen molar-refractivity contribution in [3.05, 3.63) is 83.8 Å². The number of ether oxygens (including phenoxy) is 1. The van der Waals surface area contributed by atoms with E-state index in [0.717, 1.165) is 5.56 Å². The van der Waals surface area contributed by atoms with E-state index in [9.17, 15) is 14.4 Å². The van der Waals surface area contributed by atoms with Crippen LogP contribution in [0.25, 0.3) is 0 Å². The van der Waals surface area contributed by atoms with Gasteiger partial charge in [-0.2, -0.15) is 0 Å². The van der Waals surface area contributed by atoms with Gasteiger partial charge in [0.05, 0.1) is 32.0 Å². The van der Waals surface area contributed by atoms with Crippen molar-refractivity contribution in [2.24, 2.45) is 0 Å². The van der Waals surface area contributed by atoms with E-state index >= 15 is 0 Å². The lowest BCUT2D eigenvalue weighted by atomic mass is 10.0. The molecular weight excluding hydrogens is 420 g/mol. The van der Waals surface area contributed by atoms with Crippen LogP contribution in [-0.2, 0) is 16.1 Å². The predicted octanol–water partition coefficient (Wildman–Crippen LogP) is 4.39. The number of amides is 3. The number of hydrogen-bond acceptors (Lipinski definition) is 5. The number of furan rings is 1. The zero-order valence-electron chi connectivity index (χ0n) is 18.9. The molecule has 2 aromatic carbocycles. The van der Waals surface area contributed by atoms with Crippen LogP contribution in [0.4, 0.5) is 5.69 Å². The Morgan fingerprint density at radius 3 is 2.52 bits per heavy atom. The van der Waals surface area contributed by atoms with E-state index in [1.807, 2.05) is 12.1 Å². The van der Waals surface area contributed by atoms with Crippen molar-refractivity contribution in [1.82, 2.24) is 4.90 Å². The Bertz CT molecular complexity index is 1150. The molecule has 0 radical (unpaired) electrons. The van der Waals surface area contributed by atoms with Crippen LogP contribution in [0.3, 0.4) is 0 Å². The number of carbonyl (C=O) groups is 3. The van der Waals surface area contributed by atoms with Gasteiger partial charge in [0.1, 0.15) is 17.6 Å². The number of hydrogen-bond donors (Lipinski definition) is 0. The summed E-state index contributed by atoms with van der Waals surface area (Å²) in [6, 6.07) is 16.6. The molecule has 3 aromatic rings. The second kappa shape index (κ2) is 9.32. The van der Waals surface area contributed by atoms with Gasteiger partial charge in [-0.15, -0.1) is 0 Å². The molecule has 33 heavy (non-hydrogen) atoms. The second-order valence-corrected chi connectivity index (χ2v) is 8.28. The monoisotopic (exact) mass is 446 g/mol. The van der Waals surface area contributed by atoms with Crippen LogP contribution in [0.2, 0.25) is 0 Å². The average Bonchev–Trinajstić information content (AvgIpc) is 3.44. The fourth-order valence-corrected chi connectivity index (χ4v) is 3.95. The van der Waals surface area contributed by atoms with E-state index in [4.69, 9.17) is 9.15 Å². The van der Waals surface area contributed by atoms with Crippen LogP contribution >= 0.6 is 0 Å². The molecule has 7 nitrogen and oxygen atoms in total. The Kier molecular flexibility index (Phi) is 6.31. The Morgan fingerprint density at radius 1 is 1.12 bits per heavy atom. The van der Waals surface area contributed by atoms with Gasteiger partial charge in [-0.1, -0.05) is 32.0 Å². The number of imide groups is 1. The Hall–Kier alpha value is -3.87. The number of rotatable bonds is 7. The second-order valence-electron chi connectivity index (χ2n) is 8.28. The lowest BCUT2D eigenvalue weighted by Gasteiger charge is -2.27. The lowest BCUT2D eigenvalue weighted by Crippen LogP contribution is -2.45. The van der Waals surface area contributed by atoms with Gasteiger partial charge in [0, 0.05) is 5.56 Å². The van der Waals surface area contributed by atoms with E-state index in [-0.39, 0.29) is 24.8 Å². The zero-order valence-corrected chi connectivity index (χ0v) is 18.9. The van der Waals surface area contributed by atoms with Crippen molar-refractivity contribution in [1.29, 1.82) is 0 Å². The summed E-state index contributed by atoms with van der Waals surface area (Å²) in [7, 11) is 1.52. The number of methoxy groups -OCH3 is 1. The van der Waals surface area contributed by atoms with Gasteiger partial charge in [0.15, 0.2) is 0 Å². The van der Waals surface area contributed by atoms with Gasteiger partial charge in [-0.3, -0.25) is 14.4 Å². The molecule has 7 heteroatoms. The maximum atomic E-state index is 13.5. The SMILES string of the molecule is COc1cccc(C(=O)N(Cc2ccco2)C2CC(=O)N(c3ccc(C(C)C)cc3)C2=O)c1. The molecule has 1 saturated heterocycles. The van der Waals surface area contributed by atoms with Gasteiger partial charge < -0.3 is 14.1 Å². The number of carbonyl (C=O) groups excluding carboxylic acids is 3. The van der Waals surface area contributed by atoms with Gasteiger partial charge in [-0.25, -0.2) is 4.90 Å². The van der Waals surface area contributed by atoms with E-state index in [1.165, 1.54) is 23.2 Å². The molecule has 1 aliphatic heterocycles. The van der Waals surface area contributed by atoms with E-state index < -0.39 is 11.9 Å². The number of benzene rings is 2. The molecule has 3 amide bonds. The lowest BCUT2D eigenvalue weighted by molar-refractivity contribution is -0.122. The first-order chi connectivity index (χ1) is 15.9. The summed E-state index contributed by atoms with van der Waals surface area (Å²) in [4.78, 5) is 42.4. The summed E-state index contributed by atoms with van der Waals surface area (Å²) in [6.45, 7) is 4.22. The third kappa shape index (κ3) is 4.53. The summed E-state index contributed by atoms with van der Waals surface area (Å²) < 4.78 is 10.7. The van der Waals surface area contributed by atoms with E-state index in [0.29, 0.717) is 28.7 Å². The highest BCUT2D eigenvalue weighted by Gasteiger charge is 2.44. The van der Waals surface area contributed by atoms with Gasteiger partial charge in [0.2, 0.25) is 5.91 Å². The molecule has 2 heterocycles. The molecule has 0 spiro atoms. The average molecular weight is 447 g/mol. The van der Waals surface area contributed by atoms with Crippen molar-refractivity contribution in [2.45, 2.75) is 38.8 Å². The first kappa shape index (κ1) is 22.3. The highest BCUT2D eigenvalue weighted by atomic mass is 16.5. The molecule has 0 aliphatic carbocycles. The highest BCUT2D eigenvalue weighted by Crippen LogP contribution is 2.29. The largest absolute Gasteiger partial charge is 0.497 e. The molecule has 1 atom stereocenters. The van der Waals surface area contributed by atoms with Crippen molar-refractivity contribution in [2.75, 3.05) is 12.0 Å². The van der Waals surface area contributed by atoms with Crippen LogP contribution in [0.1, 0.15) is 47.9 Å². The summed E-state index contributed by atoms with van der Waals surface area (Å²) in [5.41, 5.74) is 1.98. The first-order valence-corrected chi connectivity index (χ1v) is 10.8. The van der Waals surface area contributed by atoms with Crippen molar-refractivity contribution in [3.63, 3.8) is 0 Å². The van der Waals surface area contributed by atoms with Gasteiger partial charge in [-0.05, 0) is 53.9 Å². The fraction of sp³-hybridized carbons (Fsp3) is 0.269. The minimum absolute atomic E-state index is 0.0624. The first-order valence-electron chi connectivity index (χ1n) is 10.8. The molecule has 0 N–H and O–H groups in total. The van der Waals surface area contributed by atoms with Crippen molar-refractivity contribution < 1.29 is 23.5 Å². The smallest absolute Gasteiger partial charge is 0.257 e. The van der Waals surface area contributed by atoms with E-state index in [1.54, 1.807) is 48.5 Å². The number of anilines is 1. The Morgan fingerprint density at radius 2 is 1.88 bits per heavy atom. The molecule has 1 fully saturated rings. The van der Waals surface area contributed by atoms with Crippen molar-refractivity contribution in [3.8, 4) is 5.75 Å². The quantitative estimate of drug-likeness (QED) is 0.503. The molecule has 4 rings (SSSR count). The normalized spacial score (nSPS) is 15.9. The highest BCUT2D eigenvalue weighted by molar-refractivity contribution is 6.23. The molecule has 1 aromatic heterocycles. The van der Waals surface area contributed by atoms with Crippen LogP contribution in [0.15, 0.2) is 71.3 Å². The summed E-state index contributed by atoms with van der Waals surface area (Å²) in [5, 5.41) is 0. The van der Waals surface area contributed by atoms with Crippen LogP contribution in [0, 0.1) is 0 Å². The third-order valence-electron chi connectivity index (χ3n) is 5.80. The molecule has 170 valence electrons. The standard InChI is InChI=1S/C26H26N2O5/c1-17(2)18-9-11-20(12-10-18)28-24(29)15-23(26(28)31)27(16-22-8-5-13-33-22)25(30)19-6-4-7-21(14-19)32-3/h4-14,17,23H,15-16H2,1-3H3. The molecular formula is C26H26N2O5. The predicted molar refractivity (Wildman–Crippen MR) is 123 cm³/mol. The zero-order chi connectivity index (χ0) is 23.5. The maximum Gasteiger partial charge on any atom is 0.257 e. The third-order valence-corrected chi connectivity index (χ3v) is 5.80. The Balaban J connectivity index is 1.66. The molecule has 1 unspecified atom stereocenters. The van der Waals surface area contributed by atoms with E-state index in [2.05, 4.69) is 13.8 Å². The van der Waals surface area contributed by atoms with Crippen molar-refractivity contribution >= 4 is 23.4 Å². The summed E-state index contributed by atoms with van der Waals surface area (Å²) >= 11 is 0. The topological polar surface area (TPSA) is 80.1 Å².